The second kappa shape index (κ2) is 8.06. The van der Waals surface area contributed by atoms with E-state index in [4.69, 9.17) is 0 Å². The lowest BCUT2D eigenvalue weighted by molar-refractivity contribution is -0.127. The minimum Gasteiger partial charge on any atom is -0.327 e. The zero-order valence-electron chi connectivity index (χ0n) is 13.8. The van der Waals surface area contributed by atoms with E-state index in [0.717, 1.165) is 11.1 Å². The molecule has 3 nitrogen and oxygen atoms in total. The number of carbonyl (C=O) groups is 2. The van der Waals surface area contributed by atoms with E-state index in [-0.39, 0.29) is 0 Å². The fraction of sp³-hybridized carbons (Fsp3) is 0.0909. The third-order valence-electron chi connectivity index (χ3n) is 3.95. The van der Waals surface area contributed by atoms with Crippen molar-refractivity contribution in [3.8, 4) is 0 Å². The van der Waals surface area contributed by atoms with Crippen LogP contribution in [-0.2, 0) is 17.9 Å². The molecule has 3 aromatic rings. The molecule has 0 saturated carbocycles. The van der Waals surface area contributed by atoms with Crippen LogP contribution in [0.2, 0.25) is 0 Å². The number of benzene rings is 3. The van der Waals surface area contributed by atoms with Gasteiger partial charge in [-0.05, 0) is 11.1 Å². The molecule has 0 heterocycles. The van der Waals surface area contributed by atoms with Crippen LogP contribution >= 0.6 is 0 Å². The molecule has 0 aliphatic carbocycles. The topological polar surface area (TPSA) is 37.4 Å². The van der Waals surface area contributed by atoms with E-state index in [9.17, 15) is 9.59 Å². The van der Waals surface area contributed by atoms with Crippen LogP contribution in [0.5, 0.6) is 0 Å². The van der Waals surface area contributed by atoms with Gasteiger partial charge in [0.05, 0.1) is 0 Å². The lowest BCUT2D eigenvalue weighted by atomic mass is 10.1. The van der Waals surface area contributed by atoms with Crippen molar-refractivity contribution in [1.29, 1.82) is 0 Å². The maximum Gasteiger partial charge on any atom is 0.295 e. The molecule has 0 N–H and O–H groups in total. The Labute approximate surface area is 147 Å². The smallest absolute Gasteiger partial charge is 0.295 e. The first kappa shape index (κ1) is 16.7. The molecule has 0 unspecified atom stereocenters. The highest BCUT2D eigenvalue weighted by Gasteiger charge is 2.23. The van der Waals surface area contributed by atoms with Gasteiger partial charge >= 0.3 is 0 Å². The summed E-state index contributed by atoms with van der Waals surface area (Å²) >= 11 is 0. The summed E-state index contributed by atoms with van der Waals surface area (Å²) in [7, 11) is 0. The maximum atomic E-state index is 12.8. The quantitative estimate of drug-likeness (QED) is 0.504. The van der Waals surface area contributed by atoms with Crippen LogP contribution in [0.1, 0.15) is 21.5 Å². The van der Waals surface area contributed by atoms with Crippen molar-refractivity contribution in [3.05, 3.63) is 108 Å². The number of amides is 1. The third kappa shape index (κ3) is 4.42. The van der Waals surface area contributed by atoms with Crippen LogP contribution < -0.4 is 0 Å². The van der Waals surface area contributed by atoms with Crippen molar-refractivity contribution in [2.45, 2.75) is 13.1 Å². The second-order valence-corrected chi connectivity index (χ2v) is 5.83. The highest BCUT2D eigenvalue weighted by molar-refractivity contribution is 6.42. The lowest BCUT2D eigenvalue weighted by Gasteiger charge is -2.22. The summed E-state index contributed by atoms with van der Waals surface area (Å²) in [6.45, 7) is 0.792. The summed E-state index contributed by atoms with van der Waals surface area (Å²) in [5, 5.41) is 0. The molecule has 1 amide bonds. The summed E-state index contributed by atoms with van der Waals surface area (Å²) in [6.07, 6.45) is 0. The Balaban J connectivity index is 1.84. The first-order chi connectivity index (χ1) is 12.2. The lowest BCUT2D eigenvalue weighted by Crippen LogP contribution is -2.35. The van der Waals surface area contributed by atoms with E-state index in [0.29, 0.717) is 18.7 Å². The van der Waals surface area contributed by atoms with Gasteiger partial charge in [-0.25, -0.2) is 0 Å². The molecule has 0 spiro atoms. The molecule has 0 aliphatic rings. The number of Topliss-reactive ketones (excluding diaryl/α,β-unsaturated/α-hetero) is 1. The van der Waals surface area contributed by atoms with Crippen molar-refractivity contribution >= 4 is 11.7 Å². The van der Waals surface area contributed by atoms with E-state index < -0.39 is 11.7 Å². The van der Waals surface area contributed by atoms with Gasteiger partial charge in [0.1, 0.15) is 0 Å². The Hall–Kier alpha value is -3.20. The van der Waals surface area contributed by atoms with E-state index in [1.807, 2.05) is 66.7 Å². The Kier molecular flexibility index (Phi) is 5.37. The number of hydrogen-bond acceptors (Lipinski definition) is 2. The molecule has 0 bridgehead atoms. The first-order valence-corrected chi connectivity index (χ1v) is 8.20. The summed E-state index contributed by atoms with van der Waals surface area (Å²) in [4.78, 5) is 27.0. The monoisotopic (exact) mass is 329 g/mol. The molecular weight excluding hydrogens is 310 g/mol. The predicted octanol–water partition coefficient (Wildman–Crippen LogP) is 4.10. The highest BCUT2D eigenvalue weighted by Crippen LogP contribution is 2.13. The van der Waals surface area contributed by atoms with E-state index in [1.165, 1.54) is 0 Å². The fourth-order valence-electron chi connectivity index (χ4n) is 2.66. The van der Waals surface area contributed by atoms with Crippen molar-refractivity contribution < 1.29 is 9.59 Å². The summed E-state index contributed by atoms with van der Waals surface area (Å²) in [5.41, 5.74) is 2.40. The number of hydrogen-bond donors (Lipinski definition) is 0. The van der Waals surface area contributed by atoms with Crippen LogP contribution in [0.15, 0.2) is 91.0 Å². The number of ketones is 1. The average Bonchev–Trinajstić information content (AvgIpc) is 2.68. The van der Waals surface area contributed by atoms with E-state index in [2.05, 4.69) is 0 Å². The zero-order valence-corrected chi connectivity index (χ0v) is 13.8. The maximum absolute atomic E-state index is 12.8. The van der Waals surface area contributed by atoms with Gasteiger partial charge in [-0.3, -0.25) is 9.59 Å². The normalized spacial score (nSPS) is 10.2. The van der Waals surface area contributed by atoms with Crippen molar-refractivity contribution in [2.75, 3.05) is 0 Å². The fourth-order valence-corrected chi connectivity index (χ4v) is 2.66. The predicted molar refractivity (Wildman–Crippen MR) is 97.9 cm³/mol. The summed E-state index contributed by atoms with van der Waals surface area (Å²) in [5.74, 6) is -0.966. The molecule has 0 saturated heterocycles. The van der Waals surface area contributed by atoms with Crippen molar-refractivity contribution in [3.63, 3.8) is 0 Å². The molecule has 0 aliphatic heterocycles. The van der Waals surface area contributed by atoms with Gasteiger partial charge in [0.25, 0.3) is 5.91 Å². The van der Waals surface area contributed by atoms with Crippen LogP contribution in [-0.4, -0.2) is 16.6 Å². The number of rotatable bonds is 6. The molecule has 0 aromatic heterocycles. The zero-order chi connectivity index (χ0) is 17.5. The molecular formula is C22H19NO2. The molecule has 3 rings (SSSR count). The molecule has 25 heavy (non-hydrogen) atoms. The second-order valence-electron chi connectivity index (χ2n) is 5.83. The van der Waals surface area contributed by atoms with Gasteiger partial charge in [0.2, 0.25) is 5.78 Å². The first-order valence-electron chi connectivity index (χ1n) is 8.20. The van der Waals surface area contributed by atoms with E-state index >= 15 is 0 Å². The Morgan fingerprint density at radius 3 is 1.44 bits per heavy atom. The Morgan fingerprint density at radius 1 is 0.600 bits per heavy atom. The van der Waals surface area contributed by atoms with Crippen molar-refractivity contribution in [1.82, 2.24) is 4.90 Å². The Bertz CT molecular complexity index is 788. The summed E-state index contributed by atoms with van der Waals surface area (Å²) in [6, 6.07) is 28.1. The van der Waals surface area contributed by atoms with Gasteiger partial charge in [0.15, 0.2) is 0 Å². The van der Waals surface area contributed by atoms with Gasteiger partial charge in [-0.15, -0.1) is 0 Å². The highest BCUT2D eigenvalue weighted by atomic mass is 16.2. The number of carbonyl (C=O) groups excluding carboxylic acids is 2. The van der Waals surface area contributed by atoms with E-state index in [1.54, 1.807) is 29.2 Å². The molecule has 0 atom stereocenters. The molecule has 3 aromatic carbocycles. The minimum atomic E-state index is -0.487. The average molecular weight is 329 g/mol. The molecule has 0 fully saturated rings. The van der Waals surface area contributed by atoms with Crippen LogP contribution in [0.3, 0.4) is 0 Å². The van der Waals surface area contributed by atoms with Crippen LogP contribution in [0.25, 0.3) is 0 Å². The molecule has 3 heteroatoms. The largest absolute Gasteiger partial charge is 0.327 e. The van der Waals surface area contributed by atoms with Crippen molar-refractivity contribution in [2.24, 2.45) is 0 Å². The number of nitrogens with zero attached hydrogens (tertiary/aromatic N) is 1. The molecule has 0 radical (unpaired) electrons. The summed E-state index contributed by atoms with van der Waals surface area (Å²) < 4.78 is 0. The standard InChI is InChI=1S/C22H19NO2/c24-21(20-14-8-3-9-15-20)22(25)23(16-18-10-4-1-5-11-18)17-19-12-6-2-7-13-19/h1-15H,16-17H2. The Morgan fingerprint density at radius 2 is 1.00 bits per heavy atom. The van der Waals surface area contributed by atoms with Gasteiger partial charge in [-0.1, -0.05) is 91.0 Å². The molecule has 124 valence electrons. The van der Waals surface area contributed by atoms with Crippen LogP contribution in [0, 0.1) is 0 Å². The van der Waals surface area contributed by atoms with Gasteiger partial charge < -0.3 is 4.90 Å². The van der Waals surface area contributed by atoms with Gasteiger partial charge in [-0.2, -0.15) is 0 Å². The SMILES string of the molecule is O=C(C(=O)N(Cc1ccccc1)Cc1ccccc1)c1ccccc1. The van der Waals surface area contributed by atoms with Gasteiger partial charge in [0, 0.05) is 18.7 Å². The minimum absolute atomic E-state index is 0.396. The third-order valence-corrected chi connectivity index (χ3v) is 3.95. The van der Waals surface area contributed by atoms with Crippen LogP contribution in [0.4, 0.5) is 0 Å².